The lowest BCUT2D eigenvalue weighted by Gasteiger charge is -2.50. The first-order chi connectivity index (χ1) is 15.1. The molecule has 1 aliphatic rings. The number of methoxy groups -OCH3 is 1. The summed E-state index contributed by atoms with van der Waals surface area (Å²) in [6, 6.07) is 18.7. The Bertz CT molecular complexity index is 964. The van der Waals surface area contributed by atoms with Crippen LogP contribution in [0.25, 0.3) is 0 Å². The molecule has 170 valence electrons. The molecule has 0 unspecified atom stereocenters. The third-order valence-electron chi connectivity index (χ3n) is 6.38. The smallest absolute Gasteiger partial charge is 0.258 e. The molecule has 2 aromatic carbocycles. The summed E-state index contributed by atoms with van der Waals surface area (Å²) < 4.78 is 17.7. The predicted octanol–water partition coefficient (Wildman–Crippen LogP) is 4.91. The van der Waals surface area contributed by atoms with Gasteiger partial charge in [0.1, 0.15) is 11.8 Å². The first-order valence-corrected chi connectivity index (χ1v) is 13.7. The van der Waals surface area contributed by atoms with Crippen molar-refractivity contribution in [3.63, 3.8) is 0 Å². The summed E-state index contributed by atoms with van der Waals surface area (Å²) in [5.41, 5.74) is 1.67. The minimum atomic E-state index is -2.25. The van der Waals surface area contributed by atoms with E-state index >= 15 is 0 Å². The molecule has 1 saturated heterocycles. The van der Waals surface area contributed by atoms with E-state index in [2.05, 4.69) is 39.9 Å². The molecule has 0 spiro atoms. The SMILES string of the molecule is COc1ccc(N2C(=O)[C@H](OCc3ccccc3)[C@@H]2[C@H](C#N)O[Si](C)(C)C(C)(C)C)cc1. The highest BCUT2D eigenvalue weighted by Gasteiger charge is 2.55. The monoisotopic (exact) mass is 452 g/mol. The number of benzene rings is 2. The van der Waals surface area contributed by atoms with Crippen molar-refractivity contribution < 1.29 is 18.7 Å². The number of hydrogen-bond acceptors (Lipinski definition) is 5. The van der Waals surface area contributed by atoms with Crippen molar-refractivity contribution in [2.45, 2.75) is 63.8 Å². The second-order valence-corrected chi connectivity index (χ2v) is 14.3. The van der Waals surface area contributed by atoms with Gasteiger partial charge in [-0.3, -0.25) is 4.79 Å². The number of rotatable bonds is 8. The zero-order chi connectivity index (χ0) is 23.5. The van der Waals surface area contributed by atoms with E-state index < -0.39 is 26.6 Å². The van der Waals surface area contributed by atoms with Gasteiger partial charge in [0, 0.05) is 5.69 Å². The number of hydrogen-bond donors (Lipinski definition) is 0. The molecular formula is C25H32N2O4Si. The van der Waals surface area contributed by atoms with Gasteiger partial charge >= 0.3 is 0 Å². The van der Waals surface area contributed by atoms with E-state index in [1.165, 1.54) is 0 Å². The molecule has 1 heterocycles. The summed E-state index contributed by atoms with van der Waals surface area (Å²) in [6.45, 7) is 10.9. The number of β-lactam (4-membered cyclic amide) rings is 1. The number of nitrogens with zero attached hydrogens (tertiary/aromatic N) is 2. The highest BCUT2D eigenvalue weighted by Crippen LogP contribution is 2.40. The molecule has 0 radical (unpaired) electrons. The molecule has 0 saturated carbocycles. The first kappa shape index (κ1) is 24.0. The van der Waals surface area contributed by atoms with Crippen LogP contribution in [0.15, 0.2) is 54.6 Å². The Morgan fingerprint density at radius 3 is 2.25 bits per heavy atom. The number of anilines is 1. The zero-order valence-electron chi connectivity index (χ0n) is 19.7. The number of nitriles is 1. The van der Waals surface area contributed by atoms with Crippen molar-refractivity contribution >= 4 is 19.9 Å². The molecule has 0 bridgehead atoms. The van der Waals surface area contributed by atoms with E-state index in [9.17, 15) is 10.1 Å². The van der Waals surface area contributed by atoms with Gasteiger partial charge in [0.2, 0.25) is 0 Å². The Labute approximate surface area is 191 Å². The second-order valence-electron chi connectivity index (χ2n) is 9.54. The van der Waals surface area contributed by atoms with Crippen molar-refractivity contribution in [1.82, 2.24) is 0 Å². The standard InChI is InChI=1S/C25H32N2O4Si/c1-25(2,3)32(5,6)31-21(16-26)22-23(30-17-18-10-8-7-9-11-18)24(28)27(22)19-12-14-20(29-4)15-13-19/h7-15,21-23H,17H2,1-6H3/t21-,22-,23+/m0/s1. The lowest BCUT2D eigenvalue weighted by atomic mass is 9.92. The Morgan fingerprint density at radius 2 is 1.72 bits per heavy atom. The molecule has 6 nitrogen and oxygen atoms in total. The lowest BCUT2D eigenvalue weighted by Crippen LogP contribution is -2.71. The summed E-state index contributed by atoms with van der Waals surface area (Å²) in [5, 5.41) is 9.99. The third-order valence-corrected chi connectivity index (χ3v) is 10.8. The average Bonchev–Trinajstić information content (AvgIpc) is 2.76. The average molecular weight is 453 g/mol. The van der Waals surface area contributed by atoms with Crippen molar-refractivity contribution in [3.8, 4) is 11.8 Å². The quantitative estimate of drug-likeness (QED) is 0.420. The number of ether oxygens (including phenoxy) is 2. The van der Waals surface area contributed by atoms with Crippen molar-refractivity contribution in [2.75, 3.05) is 12.0 Å². The van der Waals surface area contributed by atoms with Crippen LogP contribution in [-0.2, 0) is 20.6 Å². The van der Waals surface area contributed by atoms with Crippen LogP contribution >= 0.6 is 0 Å². The van der Waals surface area contributed by atoms with E-state index in [0.717, 1.165) is 5.56 Å². The largest absolute Gasteiger partial charge is 0.497 e. The van der Waals surface area contributed by atoms with Gasteiger partial charge in [-0.15, -0.1) is 0 Å². The molecule has 3 atom stereocenters. The van der Waals surface area contributed by atoms with E-state index in [-0.39, 0.29) is 10.9 Å². The minimum Gasteiger partial charge on any atom is -0.497 e. The zero-order valence-corrected chi connectivity index (χ0v) is 20.7. The van der Waals surface area contributed by atoms with Crippen LogP contribution in [0.4, 0.5) is 5.69 Å². The summed E-state index contributed by atoms with van der Waals surface area (Å²) in [7, 11) is -0.658. The maximum Gasteiger partial charge on any atom is 0.258 e. The lowest BCUT2D eigenvalue weighted by molar-refractivity contribution is -0.146. The third kappa shape index (κ3) is 4.88. The van der Waals surface area contributed by atoms with Gasteiger partial charge in [0.25, 0.3) is 5.91 Å². The molecule has 0 N–H and O–H groups in total. The minimum absolute atomic E-state index is 0.0683. The van der Waals surface area contributed by atoms with Crippen molar-refractivity contribution in [1.29, 1.82) is 5.26 Å². The van der Waals surface area contributed by atoms with Crippen molar-refractivity contribution in [2.24, 2.45) is 0 Å². The van der Waals surface area contributed by atoms with E-state index in [1.807, 2.05) is 42.5 Å². The van der Waals surface area contributed by atoms with Gasteiger partial charge in [-0.2, -0.15) is 5.26 Å². The predicted molar refractivity (Wildman–Crippen MR) is 127 cm³/mol. The van der Waals surface area contributed by atoms with Gasteiger partial charge in [-0.25, -0.2) is 0 Å². The number of carbonyl (C=O) groups excluding carboxylic acids is 1. The maximum atomic E-state index is 13.1. The highest BCUT2D eigenvalue weighted by molar-refractivity contribution is 6.74. The molecule has 0 aromatic heterocycles. The van der Waals surface area contributed by atoms with Crippen LogP contribution in [0.3, 0.4) is 0 Å². The summed E-state index contributed by atoms with van der Waals surface area (Å²) in [4.78, 5) is 14.8. The molecule has 1 amide bonds. The summed E-state index contributed by atoms with van der Waals surface area (Å²) in [5.74, 6) is 0.527. The van der Waals surface area contributed by atoms with Crippen LogP contribution < -0.4 is 9.64 Å². The number of carbonyl (C=O) groups is 1. The molecule has 1 fully saturated rings. The van der Waals surface area contributed by atoms with E-state index in [1.54, 1.807) is 24.1 Å². The first-order valence-electron chi connectivity index (χ1n) is 10.8. The number of amides is 1. The second kappa shape index (κ2) is 9.45. The van der Waals surface area contributed by atoms with E-state index in [4.69, 9.17) is 13.9 Å². The van der Waals surface area contributed by atoms with Gasteiger partial charge in [0.05, 0.1) is 19.8 Å². The van der Waals surface area contributed by atoms with Crippen LogP contribution in [-0.4, -0.2) is 39.6 Å². The maximum absolute atomic E-state index is 13.1. The Morgan fingerprint density at radius 1 is 1.09 bits per heavy atom. The Hall–Kier alpha value is -2.66. The molecule has 2 aromatic rings. The molecule has 32 heavy (non-hydrogen) atoms. The van der Waals surface area contributed by atoms with Gasteiger partial charge in [-0.1, -0.05) is 51.1 Å². The summed E-state index contributed by atoms with van der Waals surface area (Å²) in [6.07, 6.45) is -1.54. The Balaban J connectivity index is 1.88. The molecule has 1 aliphatic heterocycles. The fourth-order valence-corrected chi connectivity index (χ4v) is 4.60. The van der Waals surface area contributed by atoms with Gasteiger partial charge in [-0.05, 0) is 48.0 Å². The molecule has 3 rings (SSSR count). The van der Waals surface area contributed by atoms with Gasteiger partial charge < -0.3 is 18.8 Å². The van der Waals surface area contributed by atoms with Crippen LogP contribution in [0, 0.1) is 11.3 Å². The van der Waals surface area contributed by atoms with Crippen molar-refractivity contribution in [3.05, 3.63) is 60.2 Å². The summed E-state index contributed by atoms with van der Waals surface area (Å²) >= 11 is 0. The normalized spacial score (nSPS) is 19.8. The topological polar surface area (TPSA) is 71.8 Å². The fourth-order valence-electron chi connectivity index (χ4n) is 3.42. The molecule has 0 aliphatic carbocycles. The fraction of sp³-hybridized carbons (Fsp3) is 0.440. The van der Waals surface area contributed by atoms with Gasteiger partial charge in [0.15, 0.2) is 20.5 Å². The van der Waals surface area contributed by atoms with E-state index in [0.29, 0.717) is 18.0 Å². The Kier molecular flexibility index (Phi) is 7.08. The molecular weight excluding hydrogens is 420 g/mol. The molecule has 7 heteroatoms. The highest BCUT2D eigenvalue weighted by atomic mass is 28.4. The van der Waals surface area contributed by atoms with Crippen LogP contribution in [0.1, 0.15) is 26.3 Å². The van der Waals surface area contributed by atoms with Crippen LogP contribution in [0.2, 0.25) is 18.1 Å². The van der Waals surface area contributed by atoms with Crippen LogP contribution in [0.5, 0.6) is 5.75 Å².